The molecule has 0 radical (unpaired) electrons. The summed E-state index contributed by atoms with van der Waals surface area (Å²) in [6.07, 6.45) is -1.49. The largest absolute Gasteiger partial charge is 0.416 e. The Morgan fingerprint density at radius 3 is 2.41 bits per heavy atom. The van der Waals surface area contributed by atoms with Gasteiger partial charge in [-0.15, -0.1) is 0 Å². The minimum Gasteiger partial charge on any atom is -0.363 e. The smallest absolute Gasteiger partial charge is 0.363 e. The van der Waals surface area contributed by atoms with Gasteiger partial charge in [0.25, 0.3) is 11.8 Å². The molecule has 0 spiro atoms. The summed E-state index contributed by atoms with van der Waals surface area (Å²) in [6, 6.07) is 15.4. The predicted octanol–water partition coefficient (Wildman–Crippen LogP) is 3.41. The summed E-state index contributed by atoms with van der Waals surface area (Å²) < 4.78 is 41.6. The fraction of sp³-hybridized carbons (Fsp3) is 0.207. The van der Waals surface area contributed by atoms with Crippen LogP contribution in [0.5, 0.6) is 0 Å². The van der Waals surface area contributed by atoms with Gasteiger partial charge in [0.15, 0.2) is 5.82 Å². The number of hydrogen-bond donors (Lipinski definition) is 2. The van der Waals surface area contributed by atoms with Gasteiger partial charge in [-0.05, 0) is 43.9 Å². The van der Waals surface area contributed by atoms with Gasteiger partial charge in [-0.25, -0.2) is 9.67 Å². The molecule has 0 saturated carbocycles. The van der Waals surface area contributed by atoms with E-state index in [2.05, 4.69) is 15.4 Å². The number of pyridine rings is 1. The van der Waals surface area contributed by atoms with E-state index < -0.39 is 35.4 Å². The van der Waals surface area contributed by atoms with Crippen molar-refractivity contribution in [2.24, 2.45) is 5.73 Å². The van der Waals surface area contributed by atoms with Crippen molar-refractivity contribution in [1.82, 2.24) is 25.0 Å². The molecule has 0 aliphatic rings. The number of nitrogens with two attached hydrogens (primary N) is 1. The first-order valence-electron chi connectivity index (χ1n) is 12.5. The number of halogens is 3. The van der Waals surface area contributed by atoms with Crippen LogP contribution in [-0.2, 0) is 28.7 Å². The number of nitrogens with one attached hydrogen (secondary N) is 1. The molecular formula is C29H27F3N6O3. The summed E-state index contributed by atoms with van der Waals surface area (Å²) in [7, 11) is 3.60. The Kier molecular flexibility index (Phi) is 8.62. The molecule has 0 saturated heterocycles. The van der Waals surface area contributed by atoms with Crippen molar-refractivity contribution < 1.29 is 27.6 Å². The molecule has 0 aliphatic carbocycles. The van der Waals surface area contributed by atoms with Gasteiger partial charge in [0.05, 0.1) is 16.8 Å². The first kappa shape index (κ1) is 29.2. The molecule has 4 rings (SSSR count). The topological polar surface area (TPSA) is 123 Å². The zero-order valence-electron chi connectivity index (χ0n) is 22.2. The minimum atomic E-state index is -4.54. The van der Waals surface area contributed by atoms with Gasteiger partial charge in [-0.3, -0.25) is 14.4 Å². The van der Waals surface area contributed by atoms with Gasteiger partial charge in [0, 0.05) is 36.5 Å². The number of carbonyl (C=O) groups is 3. The fourth-order valence-electron chi connectivity index (χ4n) is 4.28. The highest BCUT2D eigenvalue weighted by atomic mass is 19.4. The number of aromatic nitrogens is 3. The lowest BCUT2D eigenvalue weighted by molar-refractivity contribution is -0.137. The highest BCUT2D eigenvalue weighted by Gasteiger charge is 2.31. The third kappa shape index (κ3) is 7.03. The van der Waals surface area contributed by atoms with E-state index in [0.29, 0.717) is 17.7 Å². The standard InChI is InChI=1S/C29H27F3N6O3/c1-37(2)16-20-17-38(36-24(20)19-10-6-11-21(15-19)29(30,31)32)27-22(12-7-13-34-27)28(41)35-23(25(39)26(33)40)14-18-8-4-3-5-9-18/h3-13,15,17,23H,14,16H2,1-2H3,(H2,33,40)(H,35,41). The van der Waals surface area contributed by atoms with E-state index in [9.17, 15) is 27.6 Å². The second-order valence-electron chi connectivity index (χ2n) is 9.58. The van der Waals surface area contributed by atoms with E-state index in [4.69, 9.17) is 5.73 Å². The first-order valence-corrected chi connectivity index (χ1v) is 12.5. The van der Waals surface area contributed by atoms with Crippen molar-refractivity contribution >= 4 is 17.6 Å². The van der Waals surface area contributed by atoms with Crippen LogP contribution in [0.3, 0.4) is 0 Å². The molecule has 0 bridgehead atoms. The van der Waals surface area contributed by atoms with Crippen molar-refractivity contribution in [1.29, 1.82) is 0 Å². The molecule has 41 heavy (non-hydrogen) atoms. The first-order chi connectivity index (χ1) is 19.4. The van der Waals surface area contributed by atoms with Crippen LogP contribution in [0.25, 0.3) is 17.1 Å². The van der Waals surface area contributed by atoms with Crippen LogP contribution in [0, 0.1) is 0 Å². The SMILES string of the molecule is CN(C)Cc1cn(-c2ncccc2C(=O)NC(Cc2ccccc2)C(=O)C(N)=O)nc1-c1cccc(C(F)(F)F)c1. The summed E-state index contributed by atoms with van der Waals surface area (Å²) in [5, 5.41) is 7.10. The van der Waals surface area contributed by atoms with Crippen molar-refractivity contribution in [3.8, 4) is 17.1 Å². The summed E-state index contributed by atoms with van der Waals surface area (Å²) in [6.45, 7) is 0.339. The summed E-state index contributed by atoms with van der Waals surface area (Å²) in [4.78, 5) is 43.8. The van der Waals surface area contributed by atoms with E-state index in [1.807, 2.05) is 4.90 Å². The van der Waals surface area contributed by atoms with E-state index in [1.165, 1.54) is 35.1 Å². The van der Waals surface area contributed by atoms with Gasteiger partial charge in [0.1, 0.15) is 6.04 Å². The number of Topliss-reactive ketones (excluding diaryl/α,β-unsaturated/α-hetero) is 1. The Labute approximate surface area is 233 Å². The van der Waals surface area contributed by atoms with Crippen LogP contribution in [0.4, 0.5) is 13.2 Å². The minimum absolute atomic E-state index is 0.0253. The Hall–Kier alpha value is -4.84. The molecule has 9 nitrogen and oxygen atoms in total. The Balaban J connectivity index is 1.72. The van der Waals surface area contributed by atoms with Crippen LogP contribution in [0.2, 0.25) is 0 Å². The van der Waals surface area contributed by atoms with Crippen molar-refractivity contribution in [3.05, 3.63) is 101 Å². The molecule has 3 N–H and O–H groups in total. The number of alkyl halides is 3. The summed E-state index contributed by atoms with van der Waals surface area (Å²) >= 11 is 0. The van der Waals surface area contributed by atoms with Gasteiger partial charge in [0.2, 0.25) is 5.78 Å². The average Bonchev–Trinajstić information content (AvgIpc) is 3.35. The highest BCUT2D eigenvalue weighted by Crippen LogP contribution is 2.33. The van der Waals surface area contributed by atoms with Crippen molar-refractivity contribution in [2.75, 3.05) is 14.1 Å². The second kappa shape index (κ2) is 12.1. The molecule has 2 aromatic heterocycles. The maximum atomic E-state index is 13.4. The number of primary amides is 1. The molecule has 2 aromatic carbocycles. The molecule has 1 unspecified atom stereocenters. The molecule has 0 fully saturated rings. The normalized spacial score (nSPS) is 12.2. The van der Waals surface area contributed by atoms with Gasteiger partial charge >= 0.3 is 6.18 Å². The number of rotatable bonds is 10. The Morgan fingerprint density at radius 2 is 1.76 bits per heavy atom. The molecule has 212 valence electrons. The summed E-state index contributed by atoms with van der Waals surface area (Å²) in [5.74, 6) is -2.79. The van der Waals surface area contributed by atoms with E-state index in [1.54, 1.807) is 50.6 Å². The third-order valence-corrected chi connectivity index (χ3v) is 6.14. The lowest BCUT2D eigenvalue weighted by Crippen LogP contribution is -2.47. The maximum Gasteiger partial charge on any atom is 0.416 e. The lowest BCUT2D eigenvalue weighted by Gasteiger charge is -2.17. The number of nitrogens with zero attached hydrogens (tertiary/aromatic N) is 4. The molecule has 0 aliphatic heterocycles. The predicted molar refractivity (Wildman–Crippen MR) is 145 cm³/mol. The van der Waals surface area contributed by atoms with Gasteiger partial charge in [-0.1, -0.05) is 42.5 Å². The van der Waals surface area contributed by atoms with Crippen molar-refractivity contribution in [3.63, 3.8) is 0 Å². The zero-order valence-corrected chi connectivity index (χ0v) is 22.2. The number of ketones is 1. The third-order valence-electron chi connectivity index (χ3n) is 6.14. The van der Waals surface area contributed by atoms with Crippen LogP contribution >= 0.6 is 0 Å². The molecule has 4 aromatic rings. The van der Waals surface area contributed by atoms with Crippen LogP contribution in [0.15, 0.2) is 79.1 Å². The number of amides is 2. The molecular weight excluding hydrogens is 537 g/mol. The van der Waals surface area contributed by atoms with Gasteiger partial charge < -0.3 is 16.0 Å². The zero-order chi connectivity index (χ0) is 29.7. The average molecular weight is 565 g/mol. The molecule has 1 atom stereocenters. The van der Waals surface area contributed by atoms with Crippen LogP contribution in [0.1, 0.15) is 27.0 Å². The number of benzene rings is 2. The number of hydrogen-bond acceptors (Lipinski definition) is 6. The lowest BCUT2D eigenvalue weighted by atomic mass is 10.0. The van der Waals surface area contributed by atoms with Crippen molar-refractivity contribution in [2.45, 2.75) is 25.2 Å². The molecule has 12 heteroatoms. The molecule has 2 amide bonds. The van der Waals surface area contributed by atoms with E-state index >= 15 is 0 Å². The van der Waals surface area contributed by atoms with Gasteiger partial charge in [-0.2, -0.15) is 18.3 Å². The molecule has 2 heterocycles. The Morgan fingerprint density at radius 1 is 1.02 bits per heavy atom. The fourth-order valence-corrected chi connectivity index (χ4v) is 4.28. The summed E-state index contributed by atoms with van der Waals surface area (Å²) in [5.41, 5.74) is 6.27. The number of carbonyl (C=O) groups excluding carboxylic acids is 3. The van der Waals surface area contributed by atoms with E-state index in [-0.39, 0.29) is 29.1 Å². The Bertz CT molecular complexity index is 1570. The maximum absolute atomic E-state index is 13.4. The van der Waals surface area contributed by atoms with Crippen LogP contribution in [-0.4, -0.2) is 57.4 Å². The van der Waals surface area contributed by atoms with Crippen LogP contribution < -0.4 is 11.1 Å². The highest BCUT2D eigenvalue weighted by molar-refractivity contribution is 6.38. The monoisotopic (exact) mass is 564 g/mol. The van der Waals surface area contributed by atoms with E-state index in [0.717, 1.165) is 12.1 Å². The second-order valence-corrected chi connectivity index (χ2v) is 9.58. The quantitative estimate of drug-likeness (QED) is 0.285.